The Bertz CT molecular complexity index is 864. The molecule has 3 nitrogen and oxygen atoms in total. The molecule has 0 saturated heterocycles. The summed E-state index contributed by atoms with van der Waals surface area (Å²) in [6.07, 6.45) is -2.90. The van der Waals surface area contributed by atoms with Crippen LogP contribution in [-0.2, 0) is 23.0 Å². The van der Waals surface area contributed by atoms with Crippen LogP contribution < -0.4 is 0 Å². The molecule has 0 aromatic heterocycles. The largest absolute Gasteiger partial charge is 0.465 e. The van der Waals surface area contributed by atoms with Gasteiger partial charge in [-0.3, -0.25) is 0 Å². The number of halogens is 3. The van der Waals surface area contributed by atoms with Crippen LogP contribution in [-0.4, -0.2) is 31.0 Å². The molecule has 1 aliphatic carbocycles. The van der Waals surface area contributed by atoms with Crippen molar-refractivity contribution < 1.29 is 27.8 Å². The van der Waals surface area contributed by atoms with E-state index in [0.29, 0.717) is 24.8 Å². The lowest BCUT2D eigenvalue weighted by atomic mass is 9.63. The van der Waals surface area contributed by atoms with Crippen LogP contribution in [0.25, 0.3) is 0 Å². The van der Waals surface area contributed by atoms with Gasteiger partial charge in [-0.2, -0.15) is 13.2 Å². The first-order chi connectivity index (χ1) is 14.3. The predicted octanol–water partition coefficient (Wildman–Crippen LogP) is 5.24. The van der Waals surface area contributed by atoms with E-state index in [4.69, 9.17) is 4.74 Å². The number of fused-ring (bicyclic) bond motifs is 1. The topological polar surface area (TPSA) is 46.5 Å². The third kappa shape index (κ3) is 4.86. The number of methoxy groups -OCH3 is 1. The fraction of sp³-hybridized carbons (Fsp3) is 0.458. The second kappa shape index (κ2) is 9.21. The van der Waals surface area contributed by atoms with Crippen LogP contribution in [0.5, 0.6) is 0 Å². The van der Waals surface area contributed by atoms with Gasteiger partial charge in [0.25, 0.3) is 0 Å². The van der Waals surface area contributed by atoms with E-state index in [9.17, 15) is 23.1 Å². The number of benzene rings is 2. The zero-order chi connectivity index (χ0) is 21.8. The number of ether oxygens (including phenoxy) is 1. The number of alkyl halides is 3. The van der Waals surface area contributed by atoms with Crippen molar-refractivity contribution in [2.24, 2.45) is 5.92 Å². The van der Waals surface area contributed by atoms with E-state index < -0.39 is 24.0 Å². The van der Waals surface area contributed by atoms with E-state index in [1.54, 1.807) is 18.2 Å². The Morgan fingerprint density at radius 2 is 1.93 bits per heavy atom. The minimum Gasteiger partial charge on any atom is -0.465 e. The van der Waals surface area contributed by atoms with Gasteiger partial charge in [-0.1, -0.05) is 36.4 Å². The molecular formula is C24H27F3O3. The maximum atomic E-state index is 13.3. The maximum absolute atomic E-state index is 13.3. The second-order valence-electron chi connectivity index (χ2n) is 8.07. The standard InChI is InChI=1S/C24H27F3O3/c1-30-22(29)19-10-11-21-18(14-19)8-5-9-20(16-28)23(21,12-13-24(25,26)27)15-17-6-3-2-4-7-17/h2-4,6-7,10-11,14,20,28H,5,8-9,12-13,15-16H2,1H3/t20-,23+/m1/s1. The summed E-state index contributed by atoms with van der Waals surface area (Å²) in [5.41, 5.74) is 2.13. The molecule has 162 valence electrons. The molecule has 0 amide bonds. The lowest BCUT2D eigenvalue weighted by Gasteiger charge is -2.41. The van der Waals surface area contributed by atoms with E-state index in [-0.39, 0.29) is 18.9 Å². The van der Waals surface area contributed by atoms with Crippen LogP contribution in [0.2, 0.25) is 0 Å². The van der Waals surface area contributed by atoms with Crippen molar-refractivity contribution in [3.05, 3.63) is 70.8 Å². The lowest BCUT2D eigenvalue weighted by Crippen LogP contribution is -2.40. The van der Waals surface area contributed by atoms with Crippen molar-refractivity contribution in [1.29, 1.82) is 0 Å². The number of aryl methyl sites for hydroxylation is 1. The lowest BCUT2D eigenvalue weighted by molar-refractivity contribution is -0.140. The predicted molar refractivity (Wildman–Crippen MR) is 108 cm³/mol. The molecule has 2 aromatic carbocycles. The Morgan fingerprint density at radius 1 is 1.20 bits per heavy atom. The summed E-state index contributed by atoms with van der Waals surface area (Å²) in [4.78, 5) is 12.0. The van der Waals surface area contributed by atoms with Gasteiger partial charge in [0.1, 0.15) is 0 Å². The molecule has 0 saturated carbocycles. The zero-order valence-electron chi connectivity index (χ0n) is 17.0. The molecule has 0 fully saturated rings. The highest BCUT2D eigenvalue weighted by atomic mass is 19.4. The Labute approximate surface area is 174 Å². The number of carbonyl (C=O) groups excluding carboxylic acids is 1. The molecule has 0 bridgehead atoms. The van der Waals surface area contributed by atoms with Crippen molar-refractivity contribution in [2.45, 2.75) is 50.1 Å². The smallest absolute Gasteiger partial charge is 0.389 e. The highest BCUT2D eigenvalue weighted by Gasteiger charge is 2.45. The van der Waals surface area contributed by atoms with Gasteiger partial charge in [-0.25, -0.2) is 4.79 Å². The van der Waals surface area contributed by atoms with Crippen molar-refractivity contribution in [3.8, 4) is 0 Å². The molecule has 3 rings (SSSR count). The van der Waals surface area contributed by atoms with Gasteiger partial charge in [0, 0.05) is 18.4 Å². The van der Waals surface area contributed by atoms with Crippen molar-refractivity contribution >= 4 is 5.97 Å². The maximum Gasteiger partial charge on any atom is 0.389 e. The van der Waals surface area contributed by atoms with E-state index in [2.05, 4.69) is 0 Å². The second-order valence-corrected chi connectivity index (χ2v) is 8.07. The average Bonchev–Trinajstić information content (AvgIpc) is 2.88. The molecule has 2 aromatic rings. The Kier molecular flexibility index (Phi) is 6.86. The minimum absolute atomic E-state index is 0.110. The first-order valence-corrected chi connectivity index (χ1v) is 10.2. The van der Waals surface area contributed by atoms with Gasteiger partial charge in [-0.15, -0.1) is 0 Å². The zero-order valence-corrected chi connectivity index (χ0v) is 17.0. The molecule has 0 aliphatic heterocycles. The molecule has 1 aliphatic rings. The fourth-order valence-corrected chi connectivity index (χ4v) is 4.82. The van der Waals surface area contributed by atoms with Crippen LogP contribution in [0.3, 0.4) is 0 Å². The minimum atomic E-state index is -4.29. The molecule has 1 N–H and O–H groups in total. The summed E-state index contributed by atoms with van der Waals surface area (Å²) >= 11 is 0. The van der Waals surface area contributed by atoms with Crippen molar-refractivity contribution in [2.75, 3.05) is 13.7 Å². The van der Waals surface area contributed by atoms with Crippen LogP contribution in [0, 0.1) is 5.92 Å². The number of aliphatic hydroxyl groups is 1. The van der Waals surface area contributed by atoms with E-state index in [1.807, 2.05) is 30.3 Å². The highest BCUT2D eigenvalue weighted by Crippen LogP contribution is 2.47. The normalized spacial score (nSPS) is 21.6. The monoisotopic (exact) mass is 420 g/mol. The summed E-state index contributed by atoms with van der Waals surface area (Å²) in [5.74, 6) is -0.769. The molecule has 6 heteroatoms. The summed E-state index contributed by atoms with van der Waals surface area (Å²) in [6.45, 7) is -0.178. The highest BCUT2D eigenvalue weighted by molar-refractivity contribution is 5.89. The molecule has 30 heavy (non-hydrogen) atoms. The summed E-state index contributed by atoms with van der Waals surface area (Å²) < 4.78 is 44.8. The van der Waals surface area contributed by atoms with Gasteiger partial charge in [-0.05, 0) is 66.8 Å². The Balaban J connectivity index is 2.15. The van der Waals surface area contributed by atoms with Gasteiger partial charge < -0.3 is 9.84 Å². The number of esters is 1. The van der Waals surface area contributed by atoms with E-state index >= 15 is 0 Å². The van der Waals surface area contributed by atoms with Crippen LogP contribution >= 0.6 is 0 Å². The average molecular weight is 420 g/mol. The van der Waals surface area contributed by atoms with Crippen molar-refractivity contribution in [3.63, 3.8) is 0 Å². The third-order valence-electron chi connectivity index (χ3n) is 6.28. The van der Waals surface area contributed by atoms with Crippen LogP contribution in [0.4, 0.5) is 13.2 Å². The van der Waals surface area contributed by atoms with E-state index in [1.165, 1.54) is 7.11 Å². The molecule has 0 heterocycles. The SMILES string of the molecule is COC(=O)c1ccc2c(c1)CCC[C@H](CO)[C@]2(CCC(F)(F)F)Cc1ccccc1. The molecule has 0 unspecified atom stereocenters. The number of rotatable bonds is 6. The summed E-state index contributed by atoms with van der Waals surface area (Å²) in [5, 5.41) is 10.2. The third-order valence-corrected chi connectivity index (χ3v) is 6.28. The molecular weight excluding hydrogens is 393 g/mol. The van der Waals surface area contributed by atoms with Gasteiger partial charge in [0.05, 0.1) is 12.7 Å². The van der Waals surface area contributed by atoms with Gasteiger partial charge in [0.15, 0.2) is 0 Å². The number of hydrogen-bond acceptors (Lipinski definition) is 3. The van der Waals surface area contributed by atoms with E-state index in [0.717, 1.165) is 23.1 Å². The van der Waals surface area contributed by atoms with Crippen LogP contribution in [0.15, 0.2) is 48.5 Å². The Hall–Kier alpha value is -2.34. The molecule has 2 atom stereocenters. The molecule has 0 radical (unpaired) electrons. The number of carbonyl (C=O) groups is 1. The van der Waals surface area contributed by atoms with Gasteiger partial charge in [0.2, 0.25) is 0 Å². The fourth-order valence-electron chi connectivity index (χ4n) is 4.82. The summed E-state index contributed by atoms with van der Waals surface area (Å²) in [7, 11) is 1.30. The first-order valence-electron chi connectivity index (χ1n) is 10.2. The van der Waals surface area contributed by atoms with Crippen LogP contribution in [0.1, 0.15) is 52.7 Å². The number of hydrogen-bond donors (Lipinski definition) is 1. The van der Waals surface area contributed by atoms with Gasteiger partial charge >= 0.3 is 12.1 Å². The molecule has 0 spiro atoms. The number of aliphatic hydroxyl groups excluding tert-OH is 1. The summed E-state index contributed by atoms with van der Waals surface area (Å²) in [6, 6.07) is 14.6. The Morgan fingerprint density at radius 3 is 2.57 bits per heavy atom. The quantitative estimate of drug-likeness (QED) is 0.513. The van der Waals surface area contributed by atoms with Crippen molar-refractivity contribution in [1.82, 2.24) is 0 Å². The first kappa shape index (κ1) is 22.3.